The fraction of sp³-hybridized carbons (Fsp3) is 1.00. The molecule has 70 valence electrons. The molecule has 0 saturated carbocycles. The van der Waals surface area contributed by atoms with Crippen LogP contribution < -0.4 is 0 Å². The van der Waals surface area contributed by atoms with Gasteiger partial charge in [-0.15, -0.1) is 4.52 Å². The third-order valence-corrected chi connectivity index (χ3v) is 6.22. The third-order valence-electron chi connectivity index (χ3n) is 1.73. The van der Waals surface area contributed by atoms with Gasteiger partial charge >= 0.3 is 7.23 Å². The number of rotatable bonds is 2. The van der Waals surface area contributed by atoms with Crippen LogP contribution in [0.2, 0.25) is 0 Å². The van der Waals surface area contributed by atoms with Crippen molar-refractivity contribution in [1.29, 1.82) is 0 Å². The smallest absolute Gasteiger partial charge is 0.130 e. The summed E-state index contributed by atoms with van der Waals surface area (Å²) in [6.07, 6.45) is 0.0358. The van der Waals surface area contributed by atoms with E-state index in [0.717, 1.165) is 0 Å². The van der Waals surface area contributed by atoms with Gasteiger partial charge in [0.05, 0.1) is 4.75 Å². The fourth-order valence-corrected chi connectivity index (χ4v) is 5.39. The zero-order valence-corrected chi connectivity index (χ0v) is 10.6. The molecule has 0 bridgehead atoms. The molecule has 2 nitrogen and oxygen atoms in total. The number of hydrogen-bond acceptors (Lipinski definition) is 4. The van der Waals surface area contributed by atoms with E-state index < -0.39 is 7.23 Å². The van der Waals surface area contributed by atoms with Crippen LogP contribution in [0.5, 0.6) is 0 Å². The average molecular weight is 243 g/mol. The Balaban J connectivity index is 2.65. The molecular formula is C6H12O2PS3+. The van der Waals surface area contributed by atoms with E-state index in [4.69, 9.17) is 4.52 Å². The van der Waals surface area contributed by atoms with E-state index >= 15 is 0 Å². The second-order valence-electron chi connectivity index (χ2n) is 3.25. The van der Waals surface area contributed by atoms with E-state index in [0.29, 0.717) is 5.25 Å². The molecular weight excluding hydrogens is 231 g/mol. The lowest BCUT2D eigenvalue weighted by Gasteiger charge is -2.20. The quantitative estimate of drug-likeness (QED) is 0.456. The molecule has 1 saturated heterocycles. The first-order chi connectivity index (χ1) is 5.43. The van der Waals surface area contributed by atoms with Gasteiger partial charge in [0.15, 0.2) is 0 Å². The highest BCUT2D eigenvalue weighted by atomic mass is 33.1. The monoisotopic (exact) mass is 243 g/mol. The van der Waals surface area contributed by atoms with Gasteiger partial charge in [-0.1, -0.05) is 21.6 Å². The molecule has 0 spiro atoms. The summed E-state index contributed by atoms with van der Waals surface area (Å²) in [5.41, 5.74) is 0. The van der Waals surface area contributed by atoms with Gasteiger partial charge in [0.25, 0.3) is 0 Å². The van der Waals surface area contributed by atoms with Crippen molar-refractivity contribution in [2.75, 3.05) is 0 Å². The molecule has 1 rings (SSSR count). The molecule has 12 heavy (non-hydrogen) atoms. The summed E-state index contributed by atoms with van der Waals surface area (Å²) in [6.45, 7) is 6.29. The Morgan fingerprint density at radius 3 is 2.50 bits per heavy atom. The molecule has 0 amide bonds. The lowest BCUT2D eigenvalue weighted by Crippen LogP contribution is -2.34. The topological polar surface area (TPSA) is 26.3 Å². The molecule has 0 aromatic rings. The standard InChI is InChI=1S/C6H11O2PS3/c1-4-5(8-9(7)10)6(2,3)12-11-4/h4-5H,1-3H3/p+1. The van der Waals surface area contributed by atoms with Gasteiger partial charge < -0.3 is 0 Å². The molecule has 1 aliphatic rings. The van der Waals surface area contributed by atoms with Gasteiger partial charge in [-0.3, -0.25) is 0 Å². The maximum Gasteiger partial charge on any atom is 0.582 e. The first-order valence-electron chi connectivity index (χ1n) is 3.61. The minimum absolute atomic E-state index is 0.0358. The largest absolute Gasteiger partial charge is 0.582 e. The summed E-state index contributed by atoms with van der Waals surface area (Å²) >= 11 is 3.76. The summed E-state index contributed by atoms with van der Waals surface area (Å²) in [6, 6.07) is 0. The van der Waals surface area contributed by atoms with E-state index in [2.05, 4.69) is 33.0 Å². The van der Waals surface area contributed by atoms with Crippen molar-refractivity contribution in [1.82, 2.24) is 0 Å². The summed E-state index contributed by atoms with van der Waals surface area (Å²) < 4.78 is 16.1. The van der Waals surface area contributed by atoms with Crippen molar-refractivity contribution in [2.45, 2.75) is 36.9 Å². The van der Waals surface area contributed by atoms with Gasteiger partial charge in [-0.2, -0.15) is 0 Å². The summed E-state index contributed by atoms with van der Waals surface area (Å²) in [7, 11) is 1.79. The predicted octanol–water partition coefficient (Wildman–Crippen LogP) is 3.52. The van der Waals surface area contributed by atoms with E-state index in [1.54, 1.807) is 21.6 Å². The molecule has 3 unspecified atom stereocenters. The Bertz CT molecular complexity index is 197. The Hall–Kier alpha value is 1.11. The van der Waals surface area contributed by atoms with E-state index in [1.807, 2.05) is 0 Å². The zero-order valence-electron chi connectivity index (χ0n) is 7.18. The molecule has 0 radical (unpaired) electrons. The van der Waals surface area contributed by atoms with Crippen molar-refractivity contribution >= 4 is 41.1 Å². The van der Waals surface area contributed by atoms with Crippen LogP contribution in [0, 0.1) is 0 Å². The van der Waals surface area contributed by atoms with Gasteiger partial charge in [0.2, 0.25) is 0 Å². The van der Waals surface area contributed by atoms with Crippen LogP contribution in [0.3, 0.4) is 0 Å². The van der Waals surface area contributed by atoms with Crippen LogP contribution in [0.1, 0.15) is 20.8 Å². The Kier molecular flexibility index (Phi) is 3.82. The zero-order chi connectivity index (χ0) is 9.35. The maximum atomic E-state index is 10.8. The van der Waals surface area contributed by atoms with Gasteiger partial charge in [-0.05, 0) is 25.3 Å². The van der Waals surface area contributed by atoms with Gasteiger partial charge in [0.1, 0.15) is 18.4 Å². The predicted molar refractivity (Wildman–Crippen MR) is 60.2 cm³/mol. The Morgan fingerprint density at radius 2 is 2.17 bits per heavy atom. The highest BCUT2D eigenvalue weighted by molar-refractivity contribution is 8.77. The van der Waals surface area contributed by atoms with E-state index in [-0.39, 0.29) is 10.9 Å². The fourth-order valence-electron chi connectivity index (χ4n) is 1.17. The van der Waals surface area contributed by atoms with Crippen LogP contribution in [0.4, 0.5) is 0 Å². The third kappa shape index (κ3) is 2.55. The number of thiol groups is 1. The SMILES string of the molecule is CC1SSC(C)(C)C1O[P+](=O)S. The van der Waals surface area contributed by atoms with Crippen LogP contribution in [0.15, 0.2) is 0 Å². The van der Waals surface area contributed by atoms with Crippen molar-refractivity contribution in [3.05, 3.63) is 0 Å². The van der Waals surface area contributed by atoms with E-state index in [1.165, 1.54) is 0 Å². The lowest BCUT2D eigenvalue weighted by molar-refractivity contribution is 0.191. The molecule has 1 aliphatic heterocycles. The van der Waals surface area contributed by atoms with Crippen LogP contribution in [-0.2, 0) is 9.09 Å². The highest BCUT2D eigenvalue weighted by Gasteiger charge is 2.47. The molecule has 1 fully saturated rings. The minimum Gasteiger partial charge on any atom is -0.130 e. The molecule has 0 aromatic heterocycles. The second-order valence-corrected chi connectivity index (χ2v) is 8.15. The van der Waals surface area contributed by atoms with Crippen molar-refractivity contribution in [2.24, 2.45) is 0 Å². The first-order valence-corrected chi connectivity index (χ1v) is 8.15. The molecule has 0 aromatic carbocycles. The molecule has 1 heterocycles. The highest BCUT2D eigenvalue weighted by Crippen LogP contribution is 2.54. The van der Waals surface area contributed by atoms with Crippen molar-refractivity contribution < 1.29 is 9.09 Å². The van der Waals surface area contributed by atoms with Crippen LogP contribution in [-0.4, -0.2) is 16.1 Å². The maximum absolute atomic E-state index is 10.8. The molecule has 6 heteroatoms. The summed E-state index contributed by atoms with van der Waals surface area (Å²) in [4.78, 5) is 0. The molecule has 3 atom stereocenters. The van der Waals surface area contributed by atoms with Crippen LogP contribution >= 0.6 is 41.1 Å². The average Bonchev–Trinajstić information content (AvgIpc) is 2.15. The minimum atomic E-state index is -1.78. The first kappa shape index (κ1) is 11.2. The Labute approximate surface area is 87.0 Å². The van der Waals surface area contributed by atoms with Gasteiger partial charge in [0, 0.05) is 5.25 Å². The van der Waals surface area contributed by atoms with E-state index in [9.17, 15) is 4.57 Å². The van der Waals surface area contributed by atoms with Crippen molar-refractivity contribution in [3.63, 3.8) is 0 Å². The van der Waals surface area contributed by atoms with Crippen molar-refractivity contribution in [3.8, 4) is 0 Å². The lowest BCUT2D eigenvalue weighted by atomic mass is 10.0. The summed E-state index contributed by atoms with van der Waals surface area (Å²) in [5.74, 6) is 0. The normalized spacial score (nSPS) is 35.2. The number of hydrogen-bond donors (Lipinski definition) is 1. The van der Waals surface area contributed by atoms with Gasteiger partial charge in [-0.25, -0.2) is 0 Å². The van der Waals surface area contributed by atoms with Crippen LogP contribution in [0.25, 0.3) is 0 Å². The second kappa shape index (κ2) is 4.09. The molecule has 0 aliphatic carbocycles. The summed E-state index contributed by atoms with van der Waals surface area (Å²) in [5, 5.41) is 0.385. The molecule has 0 N–H and O–H groups in total. The Morgan fingerprint density at radius 1 is 1.58 bits per heavy atom.